The SMILES string of the molecule is Cc1cc(CN[C@H]2CCN(c3ncccc3C(=O)OC(C)C)C2)sc1C. The summed E-state index contributed by atoms with van der Waals surface area (Å²) in [6.45, 7) is 10.7. The summed E-state index contributed by atoms with van der Waals surface area (Å²) < 4.78 is 5.36. The van der Waals surface area contributed by atoms with Crippen LogP contribution >= 0.6 is 11.3 Å². The lowest BCUT2D eigenvalue weighted by molar-refractivity contribution is 0.0378. The molecule has 1 aliphatic heterocycles. The Balaban J connectivity index is 1.62. The number of esters is 1. The second kappa shape index (κ2) is 8.18. The number of pyridine rings is 1. The van der Waals surface area contributed by atoms with Gasteiger partial charge in [-0.3, -0.25) is 0 Å². The number of rotatable bonds is 6. The van der Waals surface area contributed by atoms with E-state index in [1.165, 1.54) is 15.3 Å². The molecule has 1 N–H and O–H groups in total. The highest BCUT2D eigenvalue weighted by atomic mass is 32.1. The number of carbonyl (C=O) groups excluding carboxylic acids is 1. The van der Waals surface area contributed by atoms with Crippen molar-refractivity contribution in [3.05, 3.63) is 45.3 Å². The maximum absolute atomic E-state index is 12.4. The maximum atomic E-state index is 12.4. The van der Waals surface area contributed by atoms with Crippen LogP contribution in [0.1, 0.15) is 45.9 Å². The van der Waals surface area contributed by atoms with Crippen LogP contribution in [0.15, 0.2) is 24.4 Å². The van der Waals surface area contributed by atoms with E-state index >= 15 is 0 Å². The number of thiophene rings is 1. The van der Waals surface area contributed by atoms with E-state index in [1.807, 2.05) is 25.2 Å². The number of nitrogens with one attached hydrogen (secondary N) is 1. The Morgan fingerprint density at radius 2 is 2.27 bits per heavy atom. The van der Waals surface area contributed by atoms with Crippen LogP contribution < -0.4 is 10.2 Å². The number of anilines is 1. The summed E-state index contributed by atoms with van der Waals surface area (Å²) in [4.78, 5) is 21.8. The van der Waals surface area contributed by atoms with Crippen LogP contribution in [0.3, 0.4) is 0 Å². The zero-order valence-corrected chi connectivity index (χ0v) is 16.7. The number of carbonyl (C=O) groups is 1. The summed E-state index contributed by atoms with van der Waals surface area (Å²) >= 11 is 1.86. The Morgan fingerprint density at radius 3 is 2.96 bits per heavy atom. The molecule has 26 heavy (non-hydrogen) atoms. The van der Waals surface area contributed by atoms with E-state index in [4.69, 9.17) is 4.74 Å². The fourth-order valence-corrected chi connectivity index (χ4v) is 4.19. The number of aromatic nitrogens is 1. The third-order valence-corrected chi connectivity index (χ3v) is 5.77. The fourth-order valence-electron chi connectivity index (χ4n) is 3.19. The summed E-state index contributed by atoms with van der Waals surface area (Å²) in [5, 5.41) is 3.64. The molecular formula is C20H27N3O2S. The molecule has 140 valence electrons. The molecule has 3 heterocycles. The smallest absolute Gasteiger partial charge is 0.342 e. The molecule has 1 atom stereocenters. The summed E-state index contributed by atoms with van der Waals surface area (Å²) in [6.07, 6.45) is 2.64. The van der Waals surface area contributed by atoms with Gasteiger partial charge in [-0.2, -0.15) is 0 Å². The van der Waals surface area contributed by atoms with Gasteiger partial charge in [-0.25, -0.2) is 9.78 Å². The summed E-state index contributed by atoms with van der Waals surface area (Å²) in [6, 6.07) is 6.24. The van der Waals surface area contributed by atoms with E-state index in [9.17, 15) is 4.79 Å². The van der Waals surface area contributed by atoms with Crippen LogP contribution in [0.4, 0.5) is 5.82 Å². The Bertz CT molecular complexity index is 753. The van der Waals surface area contributed by atoms with E-state index in [0.717, 1.165) is 31.9 Å². The molecule has 0 amide bonds. The molecule has 2 aromatic rings. The Hall–Kier alpha value is -1.92. The summed E-state index contributed by atoms with van der Waals surface area (Å²) in [5.41, 5.74) is 1.91. The zero-order chi connectivity index (χ0) is 18.7. The molecule has 0 bridgehead atoms. The minimum Gasteiger partial charge on any atom is -0.459 e. The molecule has 0 saturated carbocycles. The first-order valence-corrected chi connectivity index (χ1v) is 9.96. The van der Waals surface area contributed by atoms with Crippen molar-refractivity contribution in [2.24, 2.45) is 0 Å². The molecule has 2 aromatic heterocycles. The standard InChI is InChI=1S/C20H27N3O2S/c1-13(2)25-20(24)18-6-5-8-21-19(18)23-9-7-16(12-23)22-11-17-10-14(3)15(4)26-17/h5-6,8,10,13,16,22H,7,9,11-12H2,1-4H3/t16-/m0/s1. The largest absolute Gasteiger partial charge is 0.459 e. The van der Waals surface area contributed by atoms with Gasteiger partial charge < -0.3 is 15.0 Å². The number of aryl methyl sites for hydroxylation is 2. The molecule has 0 spiro atoms. The fraction of sp³-hybridized carbons (Fsp3) is 0.500. The van der Waals surface area contributed by atoms with Gasteiger partial charge >= 0.3 is 5.97 Å². The molecule has 1 saturated heterocycles. The number of nitrogens with zero attached hydrogens (tertiary/aromatic N) is 2. The van der Waals surface area contributed by atoms with Crippen molar-refractivity contribution < 1.29 is 9.53 Å². The molecule has 5 nitrogen and oxygen atoms in total. The van der Waals surface area contributed by atoms with Crippen molar-refractivity contribution in [2.45, 2.75) is 52.8 Å². The monoisotopic (exact) mass is 373 g/mol. The highest BCUT2D eigenvalue weighted by molar-refractivity contribution is 7.12. The quantitative estimate of drug-likeness (QED) is 0.783. The van der Waals surface area contributed by atoms with Crippen molar-refractivity contribution in [2.75, 3.05) is 18.0 Å². The normalized spacial score (nSPS) is 17.1. The molecule has 3 rings (SSSR count). The van der Waals surface area contributed by atoms with Crippen molar-refractivity contribution in [3.8, 4) is 0 Å². The topological polar surface area (TPSA) is 54.5 Å². The van der Waals surface area contributed by atoms with Gasteiger partial charge in [-0.1, -0.05) is 0 Å². The van der Waals surface area contributed by atoms with E-state index in [2.05, 4.69) is 35.1 Å². The van der Waals surface area contributed by atoms with E-state index in [-0.39, 0.29) is 12.1 Å². The van der Waals surface area contributed by atoms with Crippen LogP contribution in [-0.2, 0) is 11.3 Å². The number of hydrogen-bond acceptors (Lipinski definition) is 6. The number of hydrogen-bond donors (Lipinski definition) is 1. The molecule has 6 heteroatoms. The third kappa shape index (κ3) is 4.43. The Kier molecular flexibility index (Phi) is 5.94. The minimum atomic E-state index is -0.302. The van der Waals surface area contributed by atoms with Gasteiger partial charge in [0.1, 0.15) is 11.4 Å². The average Bonchev–Trinajstić information content (AvgIpc) is 3.19. The molecule has 0 unspecified atom stereocenters. The lowest BCUT2D eigenvalue weighted by Crippen LogP contribution is -2.32. The highest BCUT2D eigenvalue weighted by Gasteiger charge is 2.27. The van der Waals surface area contributed by atoms with Gasteiger partial charge in [0.2, 0.25) is 0 Å². The molecule has 0 aliphatic carbocycles. The Morgan fingerprint density at radius 1 is 1.46 bits per heavy atom. The Labute approximate surface area is 159 Å². The predicted octanol–water partition coefficient (Wildman–Crippen LogP) is 3.69. The van der Waals surface area contributed by atoms with Crippen molar-refractivity contribution in [1.29, 1.82) is 0 Å². The molecule has 1 fully saturated rings. The van der Waals surface area contributed by atoms with Crippen LogP contribution in [0, 0.1) is 13.8 Å². The van der Waals surface area contributed by atoms with Crippen LogP contribution in [0.25, 0.3) is 0 Å². The van der Waals surface area contributed by atoms with E-state index in [0.29, 0.717) is 11.6 Å². The van der Waals surface area contributed by atoms with Gasteiger partial charge in [-0.05, 0) is 57.9 Å². The second-order valence-corrected chi connectivity index (χ2v) is 8.43. The van der Waals surface area contributed by atoms with Gasteiger partial charge in [0.05, 0.1) is 6.10 Å². The van der Waals surface area contributed by atoms with Gasteiger partial charge in [0.15, 0.2) is 0 Å². The maximum Gasteiger partial charge on any atom is 0.342 e. The van der Waals surface area contributed by atoms with Crippen LogP contribution in [0.5, 0.6) is 0 Å². The molecule has 0 radical (unpaired) electrons. The van der Waals surface area contributed by atoms with Gasteiger partial charge in [-0.15, -0.1) is 11.3 Å². The predicted molar refractivity (Wildman–Crippen MR) is 106 cm³/mol. The zero-order valence-electron chi connectivity index (χ0n) is 15.9. The lowest BCUT2D eigenvalue weighted by Gasteiger charge is -2.20. The average molecular weight is 374 g/mol. The van der Waals surface area contributed by atoms with Crippen molar-refractivity contribution in [3.63, 3.8) is 0 Å². The summed E-state index contributed by atoms with van der Waals surface area (Å²) in [5.74, 6) is 0.425. The lowest BCUT2D eigenvalue weighted by atomic mass is 10.2. The third-order valence-electron chi connectivity index (χ3n) is 4.62. The highest BCUT2D eigenvalue weighted by Crippen LogP contribution is 2.24. The van der Waals surface area contributed by atoms with Gasteiger partial charge in [0.25, 0.3) is 0 Å². The van der Waals surface area contributed by atoms with Crippen molar-refractivity contribution in [1.82, 2.24) is 10.3 Å². The number of ether oxygens (including phenoxy) is 1. The molecular weight excluding hydrogens is 346 g/mol. The van der Waals surface area contributed by atoms with Crippen molar-refractivity contribution >= 4 is 23.1 Å². The second-order valence-electron chi connectivity index (χ2n) is 7.09. The molecule has 1 aliphatic rings. The van der Waals surface area contributed by atoms with E-state index < -0.39 is 0 Å². The van der Waals surface area contributed by atoms with E-state index in [1.54, 1.807) is 18.3 Å². The first-order chi connectivity index (χ1) is 12.4. The first kappa shape index (κ1) is 18.9. The first-order valence-electron chi connectivity index (χ1n) is 9.14. The summed E-state index contributed by atoms with van der Waals surface area (Å²) in [7, 11) is 0. The minimum absolute atomic E-state index is 0.138. The molecule has 0 aromatic carbocycles. The van der Waals surface area contributed by atoms with Crippen LogP contribution in [0.2, 0.25) is 0 Å². The van der Waals surface area contributed by atoms with Gasteiger partial charge in [0, 0.05) is 41.6 Å². The van der Waals surface area contributed by atoms with Crippen LogP contribution in [-0.4, -0.2) is 36.2 Å².